The fraction of sp³-hybridized carbons (Fsp3) is 0. The predicted octanol–water partition coefficient (Wildman–Crippen LogP) is 4.16. The Labute approximate surface area is 164 Å². The van der Waals surface area contributed by atoms with Crippen molar-refractivity contribution in [3.05, 3.63) is 86.0 Å². The summed E-state index contributed by atoms with van der Waals surface area (Å²) < 4.78 is 0. The lowest BCUT2D eigenvalue weighted by molar-refractivity contribution is -0.385. The van der Waals surface area contributed by atoms with Crippen LogP contribution in [0.3, 0.4) is 0 Å². The molecule has 0 amide bonds. The second-order valence-electron chi connectivity index (χ2n) is 5.97. The van der Waals surface area contributed by atoms with E-state index in [2.05, 4.69) is 0 Å². The number of non-ortho nitro benzene ring substituents is 2. The Morgan fingerprint density at radius 3 is 1.83 bits per heavy atom. The zero-order valence-electron chi connectivity index (χ0n) is 14.7. The molecule has 0 heterocycles. The standard InChI is InChI=1S/C20H11N5O4/c21-10-18-16(12-4-6-14(7-5-12)24(26)27)9-17(19(11-22)20(18)23)13-2-1-3-15(8-13)25(28)29/h1-9H,23H2. The Bertz CT molecular complexity index is 1240. The van der Waals surface area contributed by atoms with E-state index >= 15 is 0 Å². The summed E-state index contributed by atoms with van der Waals surface area (Å²) in [6.45, 7) is 0. The van der Waals surface area contributed by atoms with Crippen molar-refractivity contribution in [1.29, 1.82) is 10.5 Å². The van der Waals surface area contributed by atoms with Crippen LogP contribution in [0.4, 0.5) is 17.1 Å². The van der Waals surface area contributed by atoms with Gasteiger partial charge in [0, 0.05) is 35.4 Å². The monoisotopic (exact) mass is 385 g/mol. The molecule has 0 fully saturated rings. The van der Waals surface area contributed by atoms with Crippen molar-refractivity contribution in [3.8, 4) is 34.4 Å². The molecule has 29 heavy (non-hydrogen) atoms. The summed E-state index contributed by atoms with van der Waals surface area (Å²) >= 11 is 0. The Hall–Kier alpha value is -4.76. The molecule has 0 aliphatic rings. The predicted molar refractivity (Wildman–Crippen MR) is 104 cm³/mol. The van der Waals surface area contributed by atoms with E-state index in [9.17, 15) is 30.8 Å². The van der Waals surface area contributed by atoms with Crippen molar-refractivity contribution in [3.63, 3.8) is 0 Å². The molecule has 0 aliphatic carbocycles. The zero-order valence-corrected chi connectivity index (χ0v) is 14.7. The number of nitrogen functional groups attached to an aromatic ring is 1. The molecular formula is C20H11N5O4. The molecule has 0 atom stereocenters. The smallest absolute Gasteiger partial charge is 0.270 e. The first kappa shape index (κ1) is 19.0. The number of hydrogen-bond donors (Lipinski definition) is 1. The van der Waals surface area contributed by atoms with Crippen LogP contribution in [0.2, 0.25) is 0 Å². The highest BCUT2D eigenvalue weighted by molar-refractivity contribution is 5.89. The lowest BCUT2D eigenvalue weighted by atomic mass is 9.89. The van der Waals surface area contributed by atoms with E-state index in [0.717, 1.165) is 0 Å². The SMILES string of the molecule is N#Cc1c(-c2ccc([N+](=O)[O-])cc2)cc(-c2cccc([N+](=O)[O-])c2)c(C#N)c1N. The molecule has 9 heteroatoms. The Balaban J connectivity index is 2.30. The van der Waals surface area contributed by atoms with Crippen molar-refractivity contribution >= 4 is 17.1 Å². The molecule has 3 aromatic carbocycles. The molecule has 0 aromatic heterocycles. The number of anilines is 1. The highest BCUT2D eigenvalue weighted by Crippen LogP contribution is 2.38. The summed E-state index contributed by atoms with van der Waals surface area (Å²) in [6.07, 6.45) is 0. The van der Waals surface area contributed by atoms with Crippen LogP contribution < -0.4 is 5.73 Å². The Morgan fingerprint density at radius 2 is 1.31 bits per heavy atom. The quantitative estimate of drug-likeness (QED) is 0.400. The van der Waals surface area contributed by atoms with E-state index in [0.29, 0.717) is 22.3 Å². The first-order valence-corrected chi connectivity index (χ1v) is 8.13. The van der Waals surface area contributed by atoms with Crippen LogP contribution in [-0.2, 0) is 0 Å². The van der Waals surface area contributed by atoms with E-state index in [4.69, 9.17) is 5.73 Å². The van der Waals surface area contributed by atoms with Gasteiger partial charge < -0.3 is 5.73 Å². The summed E-state index contributed by atoms with van der Waals surface area (Å²) in [5, 5.41) is 41.1. The van der Waals surface area contributed by atoms with Crippen LogP contribution in [0.5, 0.6) is 0 Å². The van der Waals surface area contributed by atoms with E-state index < -0.39 is 9.85 Å². The topological polar surface area (TPSA) is 160 Å². The van der Waals surface area contributed by atoms with Crippen molar-refractivity contribution in [2.75, 3.05) is 5.73 Å². The van der Waals surface area contributed by atoms with Crippen LogP contribution in [0, 0.1) is 42.9 Å². The molecule has 0 radical (unpaired) electrons. The molecule has 2 N–H and O–H groups in total. The van der Waals surface area contributed by atoms with Crippen LogP contribution in [0.1, 0.15) is 11.1 Å². The van der Waals surface area contributed by atoms with Gasteiger partial charge in [-0.25, -0.2) is 0 Å². The minimum Gasteiger partial charge on any atom is -0.397 e. The van der Waals surface area contributed by atoms with Gasteiger partial charge in [-0.05, 0) is 29.3 Å². The molecule has 0 unspecified atom stereocenters. The fourth-order valence-corrected chi connectivity index (χ4v) is 2.95. The Morgan fingerprint density at radius 1 is 0.759 bits per heavy atom. The maximum atomic E-state index is 11.1. The summed E-state index contributed by atoms with van der Waals surface area (Å²) in [4.78, 5) is 20.9. The average molecular weight is 385 g/mol. The van der Waals surface area contributed by atoms with Gasteiger partial charge in [0.15, 0.2) is 0 Å². The van der Waals surface area contributed by atoms with Gasteiger partial charge in [0.1, 0.15) is 12.1 Å². The minimum absolute atomic E-state index is 0.0210. The van der Waals surface area contributed by atoms with Crippen molar-refractivity contribution < 1.29 is 9.85 Å². The van der Waals surface area contributed by atoms with Crippen molar-refractivity contribution in [2.45, 2.75) is 0 Å². The molecule has 0 saturated heterocycles. The second-order valence-corrected chi connectivity index (χ2v) is 5.97. The summed E-state index contributed by atoms with van der Waals surface area (Å²) in [5.74, 6) is 0. The first-order chi connectivity index (χ1) is 13.9. The van der Waals surface area contributed by atoms with Gasteiger partial charge in [-0.3, -0.25) is 20.2 Å². The third kappa shape index (κ3) is 3.44. The summed E-state index contributed by atoms with van der Waals surface area (Å²) in [5.41, 5.74) is 7.34. The summed E-state index contributed by atoms with van der Waals surface area (Å²) in [6, 6.07) is 16.7. The van der Waals surface area contributed by atoms with Gasteiger partial charge in [-0.15, -0.1) is 0 Å². The number of nitro benzene ring substituents is 2. The highest BCUT2D eigenvalue weighted by Gasteiger charge is 2.20. The molecular weight excluding hydrogens is 374 g/mol. The van der Waals surface area contributed by atoms with Gasteiger partial charge in [-0.2, -0.15) is 10.5 Å². The number of nitriles is 2. The van der Waals surface area contributed by atoms with Gasteiger partial charge in [-0.1, -0.05) is 12.1 Å². The molecule has 3 rings (SSSR count). The zero-order chi connectivity index (χ0) is 21.1. The fourth-order valence-electron chi connectivity index (χ4n) is 2.95. The van der Waals surface area contributed by atoms with Crippen LogP contribution in [-0.4, -0.2) is 9.85 Å². The summed E-state index contributed by atoms with van der Waals surface area (Å²) in [7, 11) is 0. The number of nitrogens with zero attached hydrogens (tertiary/aromatic N) is 4. The molecule has 0 bridgehead atoms. The Kier molecular flexibility index (Phi) is 4.89. The lowest BCUT2D eigenvalue weighted by Crippen LogP contribution is -2.01. The molecule has 0 aliphatic heterocycles. The second kappa shape index (κ2) is 7.47. The van der Waals surface area contributed by atoms with Gasteiger partial charge >= 0.3 is 0 Å². The van der Waals surface area contributed by atoms with Crippen molar-refractivity contribution in [2.24, 2.45) is 0 Å². The number of benzene rings is 3. The van der Waals surface area contributed by atoms with E-state index in [1.54, 1.807) is 6.07 Å². The third-order valence-electron chi connectivity index (χ3n) is 4.35. The first-order valence-electron chi connectivity index (χ1n) is 8.13. The number of rotatable bonds is 4. The average Bonchev–Trinajstić information content (AvgIpc) is 2.73. The van der Waals surface area contributed by atoms with E-state index in [-0.39, 0.29) is 28.2 Å². The van der Waals surface area contributed by atoms with Crippen LogP contribution >= 0.6 is 0 Å². The maximum Gasteiger partial charge on any atom is 0.270 e. The number of hydrogen-bond acceptors (Lipinski definition) is 7. The van der Waals surface area contributed by atoms with E-state index in [1.165, 1.54) is 48.5 Å². The maximum absolute atomic E-state index is 11.1. The van der Waals surface area contributed by atoms with Crippen LogP contribution in [0.15, 0.2) is 54.6 Å². The lowest BCUT2D eigenvalue weighted by Gasteiger charge is -2.14. The molecule has 0 spiro atoms. The van der Waals surface area contributed by atoms with Crippen molar-refractivity contribution in [1.82, 2.24) is 0 Å². The molecule has 3 aromatic rings. The largest absolute Gasteiger partial charge is 0.397 e. The number of nitro groups is 2. The normalized spacial score (nSPS) is 10.0. The van der Waals surface area contributed by atoms with Crippen LogP contribution in [0.25, 0.3) is 22.3 Å². The molecule has 9 nitrogen and oxygen atoms in total. The van der Waals surface area contributed by atoms with Gasteiger partial charge in [0.05, 0.1) is 26.7 Å². The third-order valence-corrected chi connectivity index (χ3v) is 4.35. The minimum atomic E-state index is -0.556. The van der Waals surface area contributed by atoms with Gasteiger partial charge in [0.2, 0.25) is 0 Å². The van der Waals surface area contributed by atoms with E-state index in [1.807, 2.05) is 12.1 Å². The number of nitrogens with two attached hydrogens (primary N) is 1. The highest BCUT2D eigenvalue weighted by atomic mass is 16.6. The molecule has 140 valence electrons. The van der Waals surface area contributed by atoms with Gasteiger partial charge in [0.25, 0.3) is 11.4 Å². The molecule has 0 saturated carbocycles.